The highest BCUT2D eigenvalue weighted by atomic mass is 16.5. The number of furan rings is 1. The Bertz CT molecular complexity index is 548. The summed E-state index contributed by atoms with van der Waals surface area (Å²) in [7, 11) is 1.84. The summed E-state index contributed by atoms with van der Waals surface area (Å²) in [6, 6.07) is 1.85. The Balaban J connectivity index is 1.80. The smallest absolute Gasteiger partial charge is 0.317 e. The first-order valence-electron chi connectivity index (χ1n) is 8.72. The van der Waals surface area contributed by atoms with Crippen LogP contribution < -0.4 is 5.32 Å². The van der Waals surface area contributed by atoms with Crippen LogP contribution in [-0.4, -0.2) is 61.3 Å². The highest BCUT2D eigenvalue weighted by molar-refractivity contribution is 5.74. The maximum absolute atomic E-state index is 12.4. The number of nitrogens with zero attached hydrogens (tertiary/aromatic N) is 2. The molecule has 6 nitrogen and oxygen atoms in total. The minimum atomic E-state index is -0.0687. The van der Waals surface area contributed by atoms with Crippen molar-refractivity contribution in [1.82, 2.24) is 15.1 Å². The minimum Gasteiger partial charge on any atom is -0.466 e. The molecule has 1 saturated heterocycles. The Morgan fingerprint density at radius 3 is 2.54 bits per heavy atom. The van der Waals surface area contributed by atoms with Crippen molar-refractivity contribution in [3.05, 3.63) is 23.2 Å². The summed E-state index contributed by atoms with van der Waals surface area (Å²) in [6.07, 6.45) is 0.500. The number of likely N-dealkylation sites (N-methyl/N-ethyl adjacent to an activating group) is 1. The number of amides is 2. The van der Waals surface area contributed by atoms with E-state index in [1.54, 1.807) is 4.90 Å². The van der Waals surface area contributed by atoms with Crippen LogP contribution in [0.2, 0.25) is 0 Å². The number of aryl methyl sites for hydroxylation is 2. The lowest BCUT2D eigenvalue weighted by molar-refractivity contribution is -0.0684. The van der Waals surface area contributed by atoms with Crippen LogP contribution in [0.5, 0.6) is 0 Å². The van der Waals surface area contributed by atoms with Crippen LogP contribution in [0.25, 0.3) is 0 Å². The van der Waals surface area contributed by atoms with Gasteiger partial charge in [0.15, 0.2) is 0 Å². The van der Waals surface area contributed by atoms with Crippen LogP contribution in [0.1, 0.15) is 43.9 Å². The van der Waals surface area contributed by atoms with Gasteiger partial charge >= 0.3 is 6.03 Å². The molecule has 1 aliphatic rings. The predicted octanol–water partition coefficient (Wildman–Crippen LogP) is 2.71. The second-order valence-corrected chi connectivity index (χ2v) is 6.98. The van der Waals surface area contributed by atoms with Crippen molar-refractivity contribution in [2.24, 2.45) is 0 Å². The Labute approximate surface area is 145 Å². The number of carbonyl (C=O) groups excluding carboxylic acids is 1. The fourth-order valence-corrected chi connectivity index (χ4v) is 3.31. The number of ether oxygens (including phenoxy) is 1. The van der Waals surface area contributed by atoms with E-state index in [-0.39, 0.29) is 24.3 Å². The summed E-state index contributed by atoms with van der Waals surface area (Å²) in [6.45, 7) is 13.4. The molecule has 6 heteroatoms. The molecule has 1 N–H and O–H groups in total. The van der Waals surface area contributed by atoms with E-state index < -0.39 is 0 Å². The Kier molecular flexibility index (Phi) is 6.29. The second kappa shape index (κ2) is 8.03. The van der Waals surface area contributed by atoms with Gasteiger partial charge in [0, 0.05) is 38.8 Å². The van der Waals surface area contributed by atoms with Crippen LogP contribution in [0.15, 0.2) is 10.5 Å². The van der Waals surface area contributed by atoms with Crippen LogP contribution >= 0.6 is 0 Å². The quantitative estimate of drug-likeness (QED) is 0.897. The van der Waals surface area contributed by atoms with Crippen molar-refractivity contribution < 1.29 is 13.9 Å². The molecule has 1 aromatic heterocycles. The van der Waals surface area contributed by atoms with Gasteiger partial charge in [0.2, 0.25) is 0 Å². The maximum atomic E-state index is 12.4. The molecule has 0 spiro atoms. The number of nitrogens with one attached hydrogen (secondary N) is 1. The third-order valence-electron chi connectivity index (χ3n) is 4.48. The van der Waals surface area contributed by atoms with E-state index >= 15 is 0 Å². The van der Waals surface area contributed by atoms with E-state index in [0.717, 1.165) is 36.7 Å². The first kappa shape index (κ1) is 18.8. The number of morpholine rings is 1. The molecule has 0 saturated carbocycles. The highest BCUT2D eigenvalue weighted by Gasteiger charge is 2.23. The van der Waals surface area contributed by atoms with Crippen molar-refractivity contribution in [2.45, 2.75) is 52.9 Å². The standard InChI is InChI=1S/C18H31N3O3/c1-12-9-17(16(5)24-12)15(4)19-18(22)20(6)7-8-21-10-13(2)23-14(3)11-21/h9,13-15H,7-8,10-11H2,1-6H3,(H,19,22)/t13-,14+,15-/m0/s1. The first-order valence-corrected chi connectivity index (χ1v) is 8.72. The van der Waals surface area contributed by atoms with Crippen LogP contribution in [0.4, 0.5) is 4.79 Å². The highest BCUT2D eigenvalue weighted by Crippen LogP contribution is 2.21. The summed E-state index contributed by atoms with van der Waals surface area (Å²) in [5.41, 5.74) is 1.03. The molecular weight excluding hydrogens is 306 g/mol. The molecule has 1 aliphatic heterocycles. The molecule has 136 valence electrons. The number of hydrogen-bond donors (Lipinski definition) is 1. The second-order valence-electron chi connectivity index (χ2n) is 6.98. The third-order valence-corrected chi connectivity index (χ3v) is 4.48. The Hall–Kier alpha value is -1.53. The van der Waals surface area contributed by atoms with Gasteiger partial charge < -0.3 is 19.4 Å². The number of rotatable bonds is 5. The zero-order valence-corrected chi connectivity index (χ0v) is 15.8. The average molecular weight is 337 g/mol. The third kappa shape index (κ3) is 4.98. The summed E-state index contributed by atoms with van der Waals surface area (Å²) in [5, 5.41) is 3.04. The zero-order valence-electron chi connectivity index (χ0n) is 15.8. The lowest BCUT2D eigenvalue weighted by Gasteiger charge is -2.36. The van der Waals surface area contributed by atoms with Crippen LogP contribution in [0, 0.1) is 13.8 Å². The molecule has 2 rings (SSSR count). The molecule has 0 aliphatic carbocycles. The SMILES string of the molecule is Cc1cc([C@H](C)NC(=O)N(C)CCN2C[C@@H](C)O[C@@H](C)C2)c(C)o1. The largest absolute Gasteiger partial charge is 0.466 e. The van der Waals surface area contributed by atoms with Gasteiger partial charge in [0.25, 0.3) is 0 Å². The fraction of sp³-hybridized carbons (Fsp3) is 0.722. The normalized spacial score (nSPS) is 23.1. The zero-order chi connectivity index (χ0) is 17.9. The topological polar surface area (TPSA) is 58.0 Å². The molecule has 0 bridgehead atoms. The maximum Gasteiger partial charge on any atom is 0.317 e. The monoisotopic (exact) mass is 337 g/mol. The van der Waals surface area contributed by atoms with E-state index in [2.05, 4.69) is 24.1 Å². The van der Waals surface area contributed by atoms with Gasteiger partial charge in [-0.3, -0.25) is 4.90 Å². The van der Waals surface area contributed by atoms with Crippen molar-refractivity contribution in [3.63, 3.8) is 0 Å². The molecule has 0 aromatic carbocycles. The van der Waals surface area contributed by atoms with Crippen molar-refractivity contribution in [3.8, 4) is 0 Å². The minimum absolute atomic E-state index is 0.0601. The van der Waals surface area contributed by atoms with Crippen molar-refractivity contribution >= 4 is 6.03 Å². The van der Waals surface area contributed by atoms with Crippen molar-refractivity contribution in [1.29, 1.82) is 0 Å². The molecule has 24 heavy (non-hydrogen) atoms. The summed E-state index contributed by atoms with van der Waals surface area (Å²) < 4.78 is 11.3. The molecule has 2 amide bonds. The van der Waals surface area contributed by atoms with Gasteiger partial charge in [-0.25, -0.2) is 4.79 Å². The summed E-state index contributed by atoms with van der Waals surface area (Å²) >= 11 is 0. The predicted molar refractivity (Wildman–Crippen MR) is 94.2 cm³/mol. The molecule has 1 aromatic rings. The molecule has 1 fully saturated rings. The van der Waals surface area contributed by atoms with Gasteiger partial charge in [0.1, 0.15) is 11.5 Å². The number of hydrogen-bond acceptors (Lipinski definition) is 4. The summed E-state index contributed by atoms with van der Waals surface area (Å²) in [4.78, 5) is 16.5. The summed E-state index contributed by atoms with van der Waals surface area (Å²) in [5.74, 6) is 1.73. The first-order chi connectivity index (χ1) is 11.3. The molecule has 2 heterocycles. The van der Waals surface area contributed by atoms with E-state index in [9.17, 15) is 4.79 Å². The van der Waals surface area contributed by atoms with E-state index in [0.29, 0.717) is 6.54 Å². The van der Waals surface area contributed by atoms with E-state index in [1.807, 2.05) is 33.9 Å². The van der Waals surface area contributed by atoms with Crippen LogP contribution in [-0.2, 0) is 4.74 Å². The number of carbonyl (C=O) groups is 1. The molecule has 3 atom stereocenters. The van der Waals surface area contributed by atoms with E-state index in [4.69, 9.17) is 9.15 Å². The van der Waals surface area contributed by atoms with Crippen LogP contribution in [0.3, 0.4) is 0 Å². The van der Waals surface area contributed by atoms with Gasteiger partial charge in [-0.05, 0) is 40.7 Å². The average Bonchev–Trinajstić information content (AvgIpc) is 2.82. The lowest BCUT2D eigenvalue weighted by atomic mass is 10.1. The Morgan fingerprint density at radius 1 is 1.38 bits per heavy atom. The molecule has 0 radical (unpaired) electrons. The fourth-order valence-electron chi connectivity index (χ4n) is 3.31. The van der Waals surface area contributed by atoms with Crippen molar-refractivity contribution in [2.75, 3.05) is 33.2 Å². The molecule has 0 unspecified atom stereocenters. The Morgan fingerprint density at radius 2 is 2.00 bits per heavy atom. The number of urea groups is 1. The van der Waals surface area contributed by atoms with E-state index in [1.165, 1.54) is 0 Å². The van der Waals surface area contributed by atoms with Gasteiger partial charge in [-0.15, -0.1) is 0 Å². The van der Waals surface area contributed by atoms with Gasteiger partial charge in [-0.1, -0.05) is 0 Å². The van der Waals surface area contributed by atoms with Gasteiger partial charge in [-0.2, -0.15) is 0 Å². The lowest BCUT2D eigenvalue weighted by Crippen LogP contribution is -2.49. The van der Waals surface area contributed by atoms with Gasteiger partial charge in [0.05, 0.1) is 18.2 Å². The molecular formula is C18H31N3O3.